The Balaban J connectivity index is 1.39. The smallest absolute Gasteiger partial charge is 0.241 e. The van der Waals surface area contributed by atoms with E-state index in [1.807, 2.05) is 18.2 Å². The highest BCUT2D eigenvalue weighted by Gasteiger charge is 2.27. The lowest BCUT2D eigenvalue weighted by Gasteiger charge is -2.30. The van der Waals surface area contributed by atoms with Gasteiger partial charge >= 0.3 is 0 Å². The van der Waals surface area contributed by atoms with Gasteiger partial charge in [-0.05, 0) is 49.7 Å². The molecule has 1 amide bonds. The minimum absolute atomic E-state index is 0.0776. The summed E-state index contributed by atoms with van der Waals surface area (Å²) < 4.78 is 5.40. The molecule has 0 bridgehead atoms. The van der Waals surface area contributed by atoms with Crippen molar-refractivity contribution in [3.63, 3.8) is 0 Å². The van der Waals surface area contributed by atoms with Crippen LogP contribution in [0.15, 0.2) is 47.0 Å². The summed E-state index contributed by atoms with van der Waals surface area (Å²) in [6.07, 6.45) is 1.70. The molecule has 0 spiro atoms. The molecule has 1 fully saturated rings. The van der Waals surface area contributed by atoms with Crippen molar-refractivity contribution in [2.75, 3.05) is 18.4 Å². The van der Waals surface area contributed by atoms with Crippen LogP contribution in [0.1, 0.15) is 18.7 Å². The van der Waals surface area contributed by atoms with Gasteiger partial charge in [0.2, 0.25) is 17.6 Å². The zero-order valence-corrected chi connectivity index (χ0v) is 18.2. The van der Waals surface area contributed by atoms with Crippen LogP contribution in [0.2, 0.25) is 15.1 Å². The lowest BCUT2D eigenvalue weighted by atomic mass is 9.97. The van der Waals surface area contributed by atoms with E-state index in [1.165, 1.54) is 0 Å². The van der Waals surface area contributed by atoms with Crippen LogP contribution in [0.4, 0.5) is 5.69 Å². The molecule has 1 atom stereocenters. The Bertz CT molecular complexity index is 1060. The molecule has 3 aromatic rings. The summed E-state index contributed by atoms with van der Waals surface area (Å²) in [5.41, 5.74) is 1.25. The van der Waals surface area contributed by atoms with Gasteiger partial charge in [-0.1, -0.05) is 52.1 Å². The Hall–Kier alpha value is -2.12. The SMILES string of the molecule is O=C(Nc1cc(Cl)ccc1Cl)C1CCCN(Cc2nc(-c3ccccc3Cl)no2)C1. The highest BCUT2D eigenvalue weighted by Crippen LogP contribution is 2.28. The fraction of sp³-hybridized carbons (Fsp3) is 0.286. The molecule has 1 aromatic heterocycles. The molecule has 2 heterocycles. The van der Waals surface area contributed by atoms with E-state index < -0.39 is 0 Å². The highest BCUT2D eigenvalue weighted by atomic mass is 35.5. The molecule has 0 aliphatic carbocycles. The molecule has 6 nitrogen and oxygen atoms in total. The van der Waals surface area contributed by atoms with Crippen molar-refractivity contribution in [1.29, 1.82) is 0 Å². The summed E-state index contributed by atoms with van der Waals surface area (Å²) in [5.74, 6) is 0.701. The number of likely N-dealkylation sites (tertiary alicyclic amines) is 1. The maximum Gasteiger partial charge on any atom is 0.241 e. The monoisotopic (exact) mass is 464 g/mol. The Morgan fingerprint density at radius 3 is 2.83 bits per heavy atom. The van der Waals surface area contributed by atoms with Gasteiger partial charge in [-0.15, -0.1) is 0 Å². The minimum atomic E-state index is -0.167. The molecular formula is C21H19Cl3N4O2. The van der Waals surface area contributed by atoms with Gasteiger partial charge in [0, 0.05) is 17.1 Å². The van der Waals surface area contributed by atoms with Crippen molar-refractivity contribution < 1.29 is 9.32 Å². The van der Waals surface area contributed by atoms with Crippen molar-refractivity contribution in [2.24, 2.45) is 5.92 Å². The van der Waals surface area contributed by atoms with Crippen LogP contribution in [-0.2, 0) is 11.3 Å². The summed E-state index contributed by atoms with van der Waals surface area (Å²) >= 11 is 18.4. The standard InChI is InChI=1S/C21H19Cl3N4O2/c22-14-7-8-17(24)18(10-14)25-21(29)13-4-3-9-28(11-13)12-19-26-20(27-30-19)15-5-1-2-6-16(15)23/h1-2,5-8,10,13H,3-4,9,11-12H2,(H,25,29). The second-order valence-electron chi connectivity index (χ2n) is 7.18. The molecule has 1 N–H and O–H groups in total. The lowest BCUT2D eigenvalue weighted by molar-refractivity contribution is -0.121. The van der Waals surface area contributed by atoms with E-state index >= 15 is 0 Å². The largest absolute Gasteiger partial charge is 0.338 e. The van der Waals surface area contributed by atoms with Gasteiger partial charge in [-0.25, -0.2) is 0 Å². The number of nitrogens with one attached hydrogen (secondary N) is 1. The topological polar surface area (TPSA) is 71.3 Å². The average molecular weight is 466 g/mol. The van der Waals surface area contributed by atoms with Crippen molar-refractivity contribution in [3.05, 3.63) is 63.4 Å². The zero-order chi connectivity index (χ0) is 21.1. The predicted octanol–water partition coefficient (Wildman–Crippen LogP) is 5.55. The maximum absolute atomic E-state index is 12.8. The van der Waals surface area contributed by atoms with Crippen LogP contribution in [0.3, 0.4) is 0 Å². The molecule has 2 aromatic carbocycles. The molecule has 1 unspecified atom stereocenters. The van der Waals surface area contributed by atoms with Crippen molar-refractivity contribution in [3.8, 4) is 11.4 Å². The average Bonchev–Trinajstić information content (AvgIpc) is 3.19. The first-order valence-corrected chi connectivity index (χ1v) is 10.7. The summed E-state index contributed by atoms with van der Waals surface area (Å²) in [6, 6.07) is 12.4. The fourth-order valence-corrected chi connectivity index (χ4v) is 4.06. The third-order valence-electron chi connectivity index (χ3n) is 5.00. The third-order valence-corrected chi connectivity index (χ3v) is 5.90. The molecular weight excluding hydrogens is 447 g/mol. The Morgan fingerprint density at radius 1 is 1.17 bits per heavy atom. The van der Waals surface area contributed by atoms with Crippen LogP contribution in [-0.4, -0.2) is 34.0 Å². The number of halogens is 3. The molecule has 0 saturated carbocycles. The van der Waals surface area contributed by atoms with Crippen molar-refractivity contribution >= 4 is 46.4 Å². The van der Waals surface area contributed by atoms with Gasteiger partial charge in [-0.3, -0.25) is 9.69 Å². The Kier molecular flexibility index (Phi) is 6.58. The van der Waals surface area contributed by atoms with Crippen molar-refractivity contribution in [1.82, 2.24) is 15.0 Å². The number of nitrogens with zero attached hydrogens (tertiary/aromatic N) is 3. The first-order valence-electron chi connectivity index (χ1n) is 9.55. The van der Waals surface area contributed by atoms with E-state index in [0.717, 1.165) is 24.9 Å². The van der Waals surface area contributed by atoms with Crippen LogP contribution < -0.4 is 5.32 Å². The molecule has 9 heteroatoms. The van der Waals surface area contributed by atoms with Gasteiger partial charge in [0.05, 0.1) is 28.2 Å². The number of anilines is 1. The number of carbonyl (C=O) groups is 1. The van der Waals surface area contributed by atoms with Gasteiger partial charge in [0.15, 0.2) is 0 Å². The quantitative estimate of drug-likeness (QED) is 0.535. The normalized spacial score (nSPS) is 17.1. The van der Waals surface area contributed by atoms with Gasteiger partial charge in [-0.2, -0.15) is 4.98 Å². The number of carbonyl (C=O) groups excluding carboxylic acids is 1. The second kappa shape index (κ2) is 9.35. The summed E-state index contributed by atoms with van der Waals surface area (Å²) in [5, 5.41) is 8.47. The Morgan fingerprint density at radius 2 is 2.00 bits per heavy atom. The molecule has 4 rings (SSSR count). The predicted molar refractivity (Wildman–Crippen MR) is 118 cm³/mol. The van der Waals surface area contributed by atoms with Gasteiger partial charge in [0.25, 0.3) is 0 Å². The van der Waals surface area contributed by atoms with Crippen LogP contribution in [0.25, 0.3) is 11.4 Å². The molecule has 1 aliphatic heterocycles. The molecule has 1 saturated heterocycles. The first-order chi connectivity index (χ1) is 14.5. The maximum atomic E-state index is 12.8. The van der Waals surface area contributed by atoms with Gasteiger partial charge in [0.1, 0.15) is 0 Å². The second-order valence-corrected chi connectivity index (χ2v) is 8.43. The lowest BCUT2D eigenvalue weighted by Crippen LogP contribution is -2.40. The number of hydrogen-bond donors (Lipinski definition) is 1. The van der Waals surface area contributed by atoms with Crippen LogP contribution >= 0.6 is 34.8 Å². The van der Waals surface area contributed by atoms with E-state index in [2.05, 4.69) is 20.4 Å². The molecule has 1 aliphatic rings. The first kappa shape index (κ1) is 21.1. The summed E-state index contributed by atoms with van der Waals surface area (Å²) in [7, 11) is 0. The van der Waals surface area contributed by atoms with E-state index in [4.69, 9.17) is 39.3 Å². The summed E-state index contributed by atoms with van der Waals surface area (Å²) in [6.45, 7) is 1.92. The third kappa shape index (κ3) is 4.95. The highest BCUT2D eigenvalue weighted by molar-refractivity contribution is 6.35. The van der Waals surface area contributed by atoms with Crippen molar-refractivity contribution in [2.45, 2.75) is 19.4 Å². The number of aromatic nitrogens is 2. The van der Waals surface area contributed by atoms with Gasteiger partial charge < -0.3 is 9.84 Å². The van der Waals surface area contributed by atoms with Crippen LogP contribution in [0.5, 0.6) is 0 Å². The minimum Gasteiger partial charge on any atom is -0.338 e. The van der Waals surface area contributed by atoms with E-state index in [1.54, 1.807) is 24.3 Å². The molecule has 30 heavy (non-hydrogen) atoms. The molecule has 156 valence electrons. The van der Waals surface area contributed by atoms with Crippen LogP contribution in [0, 0.1) is 5.92 Å². The zero-order valence-electron chi connectivity index (χ0n) is 15.9. The fourth-order valence-electron chi connectivity index (χ4n) is 3.50. The number of hydrogen-bond acceptors (Lipinski definition) is 5. The van der Waals surface area contributed by atoms with E-state index in [0.29, 0.717) is 45.6 Å². The Labute approximate surface area is 189 Å². The molecule has 0 radical (unpaired) electrons. The van der Waals surface area contributed by atoms with E-state index in [-0.39, 0.29) is 11.8 Å². The van der Waals surface area contributed by atoms with E-state index in [9.17, 15) is 4.79 Å². The number of amides is 1. The number of benzene rings is 2. The summed E-state index contributed by atoms with van der Waals surface area (Å²) in [4.78, 5) is 19.3. The number of rotatable bonds is 5. The number of piperidine rings is 1.